The minimum Gasteiger partial charge on any atom is -0.365 e. The largest absolute Gasteiger partial charge is 0.365 e. The maximum absolute atomic E-state index is 7.01. The Morgan fingerprint density at radius 3 is 2.17 bits per heavy atom. The molecule has 3 nitrogen and oxygen atoms in total. The van der Waals surface area contributed by atoms with Gasteiger partial charge in [-0.05, 0) is 63.1 Å². The maximum Gasteiger partial charge on any atom is 0.130 e. The SMILES string of the molecule is C[Si](C)(C)c1c(Cl)nc2c(c1Cl)CO[C@@]1(CCCc3ccc(N(Cc4ccccc4)Cc4ccccc4)c(Br)c31)C2. The van der Waals surface area contributed by atoms with Crippen molar-refractivity contribution in [2.75, 3.05) is 4.90 Å². The average Bonchev–Trinajstić information content (AvgIpc) is 2.93. The van der Waals surface area contributed by atoms with Crippen molar-refractivity contribution in [1.29, 1.82) is 0 Å². The van der Waals surface area contributed by atoms with E-state index in [1.54, 1.807) is 0 Å². The van der Waals surface area contributed by atoms with Crippen LogP contribution in [-0.2, 0) is 42.9 Å². The molecular weight excluding hydrogens is 631 g/mol. The molecule has 7 heteroatoms. The molecule has 0 saturated carbocycles. The molecule has 1 aliphatic carbocycles. The molecule has 0 saturated heterocycles. The molecule has 0 unspecified atom stereocenters. The Kier molecular flexibility index (Phi) is 8.12. The second-order valence-corrected chi connectivity index (χ2v) is 18.9. The lowest BCUT2D eigenvalue weighted by Crippen LogP contribution is -2.44. The van der Waals surface area contributed by atoms with Gasteiger partial charge in [-0.15, -0.1) is 0 Å². The van der Waals surface area contributed by atoms with Crippen LogP contribution in [-0.4, -0.2) is 13.1 Å². The zero-order valence-electron chi connectivity index (χ0n) is 23.8. The lowest BCUT2D eigenvalue weighted by atomic mass is 9.74. The summed E-state index contributed by atoms with van der Waals surface area (Å²) in [5.41, 5.74) is 7.82. The fourth-order valence-corrected chi connectivity index (χ4v) is 11.1. The molecular formula is C34H35BrCl2N2OSi. The van der Waals surface area contributed by atoms with Crippen LogP contribution in [0, 0.1) is 0 Å². The zero-order valence-corrected chi connectivity index (χ0v) is 27.9. The summed E-state index contributed by atoms with van der Waals surface area (Å²) in [7, 11) is -1.78. The van der Waals surface area contributed by atoms with Gasteiger partial charge in [-0.25, -0.2) is 4.98 Å². The summed E-state index contributed by atoms with van der Waals surface area (Å²) in [5.74, 6) is 0. The van der Waals surface area contributed by atoms with Gasteiger partial charge in [-0.1, -0.05) is 110 Å². The molecule has 0 bridgehead atoms. The maximum atomic E-state index is 7.01. The van der Waals surface area contributed by atoms with E-state index in [1.807, 2.05) is 0 Å². The number of hydrogen-bond acceptors (Lipinski definition) is 3. The van der Waals surface area contributed by atoms with Crippen molar-refractivity contribution in [2.45, 2.75) is 70.6 Å². The van der Waals surface area contributed by atoms with Gasteiger partial charge in [0.25, 0.3) is 0 Å². The number of ether oxygens (including phenoxy) is 1. The summed E-state index contributed by atoms with van der Waals surface area (Å²) in [4.78, 5) is 7.43. The number of fused-ring (bicyclic) bond motifs is 3. The van der Waals surface area contributed by atoms with Crippen molar-refractivity contribution in [3.05, 3.63) is 121 Å². The summed E-state index contributed by atoms with van der Waals surface area (Å²) in [6.07, 6.45) is 3.71. The second-order valence-electron chi connectivity index (χ2n) is 12.3. The van der Waals surface area contributed by atoms with Crippen molar-refractivity contribution in [3.63, 3.8) is 0 Å². The van der Waals surface area contributed by atoms with Crippen LogP contribution in [0.1, 0.15) is 46.4 Å². The summed E-state index contributed by atoms with van der Waals surface area (Å²) >= 11 is 17.9. The standard InChI is InChI=1S/C34H35BrCl2N2OSi/c1-41(2,3)32-31(36)26-22-40-34(19-27(26)38-33(32)37)18-10-15-25-16-17-28(30(35)29(25)34)39(20-23-11-6-4-7-12-23)21-24-13-8-5-9-14-24/h4-9,11-14,16-17H,10,15,18-22H2,1-3H3/t34-/m0/s1. The van der Waals surface area contributed by atoms with E-state index in [1.165, 1.54) is 27.9 Å². The number of benzene rings is 3. The van der Waals surface area contributed by atoms with E-state index in [0.29, 0.717) is 18.2 Å². The Hall–Kier alpha value is -2.15. The molecule has 1 atom stereocenters. The highest BCUT2D eigenvalue weighted by atomic mass is 79.9. The quantitative estimate of drug-likeness (QED) is 0.152. The fraction of sp³-hybridized carbons (Fsp3) is 0.324. The van der Waals surface area contributed by atoms with Crippen LogP contribution in [0.2, 0.25) is 29.8 Å². The topological polar surface area (TPSA) is 25.4 Å². The number of anilines is 1. The molecule has 0 radical (unpaired) electrons. The number of aryl methyl sites for hydroxylation is 1. The smallest absolute Gasteiger partial charge is 0.130 e. The molecule has 1 aliphatic heterocycles. The Morgan fingerprint density at radius 1 is 0.927 bits per heavy atom. The van der Waals surface area contributed by atoms with Crippen molar-refractivity contribution in [2.24, 2.45) is 0 Å². The van der Waals surface area contributed by atoms with Crippen LogP contribution in [0.4, 0.5) is 5.69 Å². The first-order valence-corrected chi connectivity index (χ1v) is 19.4. The number of aromatic nitrogens is 1. The third-order valence-corrected chi connectivity index (χ3v) is 12.2. The van der Waals surface area contributed by atoms with Crippen LogP contribution in [0.15, 0.2) is 77.3 Å². The molecule has 4 aromatic rings. The van der Waals surface area contributed by atoms with E-state index in [9.17, 15) is 0 Å². The Labute approximate surface area is 263 Å². The predicted octanol–water partition coefficient (Wildman–Crippen LogP) is 9.21. The summed E-state index contributed by atoms with van der Waals surface area (Å²) in [6, 6.07) is 25.9. The molecule has 1 spiro atoms. The first-order valence-electron chi connectivity index (χ1n) is 14.3. The lowest BCUT2D eigenvalue weighted by molar-refractivity contribution is -0.0858. The van der Waals surface area contributed by atoms with Crippen LogP contribution < -0.4 is 10.1 Å². The Bertz CT molecular complexity index is 1530. The zero-order chi connectivity index (χ0) is 28.8. The number of hydrogen-bond donors (Lipinski definition) is 0. The van der Waals surface area contributed by atoms with E-state index in [4.69, 9.17) is 32.9 Å². The molecule has 0 fully saturated rings. The third-order valence-electron chi connectivity index (χ3n) is 8.43. The van der Waals surface area contributed by atoms with E-state index >= 15 is 0 Å². The van der Waals surface area contributed by atoms with E-state index < -0.39 is 13.7 Å². The number of nitrogens with zero attached hydrogens (tertiary/aromatic N) is 2. The molecule has 0 amide bonds. The van der Waals surface area contributed by atoms with Gasteiger partial charge in [-0.3, -0.25) is 0 Å². The molecule has 6 rings (SSSR count). The van der Waals surface area contributed by atoms with E-state index in [0.717, 1.165) is 58.3 Å². The first kappa shape index (κ1) is 28.9. The highest BCUT2D eigenvalue weighted by Gasteiger charge is 2.45. The Balaban J connectivity index is 1.43. The molecule has 0 N–H and O–H groups in total. The lowest BCUT2D eigenvalue weighted by Gasteiger charge is -2.44. The molecule has 2 aliphatic rings. The third kappa shape index (κ3) is 5.64. The van der Waals surface area contributed by atoms with Gasteiger partial charge >= 0.3 is 0 Å². The van der Waals surface area contributed by atoms with Gasteiger partial charge in [0.15, 0.2) is 0 Å². The number of halogens is 3. The normalized spacial score (nSPS) is 18.2. The van der Waals surface area contributed by atoms with Crippen molar-refractivity contribution in [3.8, 4) is 0 Å². The highest BCUT2D eigenvalue weighted by molar-refractivity contribution is 9.10. The average molecular weight is 667 g/mol. The Morgan fingerprint density at radius 2 is 1.56 bits per heavy atom. The van der Waals surface area contributed by atoms with Crippen LogP contribution in [0.3, 0.4) is 0 Å². The van der Waals surface area contributed by atoms with Crippen molar-refractivity contribution in [1.82, 2.24) is 4.98 Å². The van der Waals surface area contributed by atoms with Crippen LogP contribution in [0.5, 0.6) is 0 Å². The second kappa shape index (κ2) is 11.5. The van der Waals surface area contributed by atoms with Gasteiger partial charge in [0.05, 0.1) is 31.1 Å². The molecule has 212 valence electrons. The molecule has 1 aromatic heterocycles. The molecule has 2 heterocycles. The number of pyridine rings is 1. The van der Waals surface area contributed by atoms with Gasteiger partial charge < -0.3 is 9.64 Å². The highest BCUT2D eigenvalue weighted by Crippen LogP contribution is 2.50. The van der Waals surface area contributed by atoms with Gasteiger partial charge in [0.1, 0.15) is 10.8 Å². The van der Waals surface area contributed by atoms with Crippen molar-refractivity contribution >= 4 is 58.1 Å². The van der Waals surface area contributed by atoms with E-state index in [-0.39, 0.29) is 0 Å². The minimum atomic E-state index is -1.78. The molecule has 3 aromatic carbocycles. The minimum absolute atomic E-state index is 0.448. The molecule has 41 heavy (non-hydrogen) atoms. The number of rotatable bonds is 6. The monoisotopic (exact) mass is 664 g/mol. The van der Waals surface area contributed by atoms with Crippen molar-refractivity contribution < 1.29 is 4.74 Å². The van der Waals surface area contributed by atoms with Gasteiger partial charge in [0.2, 0.25) is 0 Å². The van der Waals surface area contributed by atoms with Gasteiger partial charge in [-0.2, -0.15) is 0 Å². The van der Waals surface area contributed by atoms with Crippen LogP contribution >= 0.6 is 39.1 Å². The summed E-state index contributed by atoms with van der Waals surface area (Å²) in [6.45, 7) is 8.82. The summed E-state index contributed by atoms with van der Waals surface area (Å²) in [5, 5.41) is 2.35. The van der Waals surface area contributed by atoms with Crippen LogP contribution in [0.25, 0.3) is 0 Å². The predicted molar refractivity (Wildman–Crippen MR) is 177 cm³/mol. The fourth-order valence-electron chi connectivity index (χ4n) is 6.47. The summed E-state index contributed by atoms with van der Waals surface area (Å²) < 4.78 is 8.01. The van der Waals surface area contributed by atoms with Gasteiger partial charge in [0, 0.05) is 35.1 Å². The van der Waals surface area contributed by atoms with E-state index in [2.05, 4.69) is 113 Å². The first-order chi connectivity index (χ1) is 19.7.